The van der Waals surface area contributed by atoms with Crippen molar-refractivity contribution >= 4 is 28.4 Å². The number of hydrogen-bond acceptors (Lipinski definition) is 5. The number of benzene rings is 2. The molecule has 0 bridgehead atoms. The van der Waals surface area contributed by atoms with Crippen molar-refractivity contribution in [2.75, 3.05) is 19.6 Å². The van der Waals surface area contributed by atoms with Crippen LogP contribution in [0.5, 0.6) is 0 Å². The third-order valence-corrected chi connectivity index (χ3v) is 7.40. The van der Waals surface area contributed by atoms with Crippen LogP contribution in [0.1, 0.15) is 68.7 Å². The number of hydrogen-bond donors (Lipinski definition) is 1. The average molecular weight is 530 g/mol. The number of nitrogens with one attached hydrogen (secondary N) is 1. The standard InChI is InChI=1S/C32H39N3O4/c1-20(2)38-31(37)26-18-35(19-32(5,6)28-25-12-7-8-13-27(25)33-29(26)28)30(36)24-11-9-10-23(14-24)17-34-15-21(3)39-22(4)16-34/h7-14,18,20-22,33H,15-17,19H2,1-6H3. The quantitative estimate of drug-likeness (QED) is 0.442. The summed E-state index contributed by atoms with van der Waals surface area (Å²) in [6.45, 7) is 15.0. The summed E-state index contributed by atoms with van der Waals surface area (Å²) in [5.74, 6) is -0.587. The van der Waals surface area contributed by atoms with E-state index >= 15 is 0 Å². The van der Waals surface area contributed by atoms with Crippen molar-refractivity contribution in [3.63, 3.8) is 0 Å². The number of carbonyl (C=O) groups excluding carboxylic acids is 2. The smallest absolute Gasteiger partial charge is 0.342 e. The molecule has 7 heteroatoms. The Balaban J connectivity index is 1.50. The van der Waals surface area contributed by atoms with Crippen molar-refractivity contribution in [2.24, 2.45) is 0 Å². The summed E-state index contributed by atoms with van der Waals surface area (Å²) in [6.07, 6.45) is 1.75. The van der Waals surface area contributed by atoms with Crippen molar-refractivity contribution in [3.05, 3.63) is 77.1 Å². The number of carbonyl (C=O) groups is 2. The van der Waals surface area contributed by atoms with E-state index in [-0.39, 0.29) is 24.2 Å². The Labute approximate surface area is 230 Å². The molecule has 0 aliphatic carbocycles. The van der Waals surface area contributed by atoms with Crippen LogP contribution >= 0.6 is 0 Å². The molecule has 3 heterocycles. The number of amides is 1. The van der Waals surface area contributed by atoms with Gasteiger partial charge in [0.05, 0.1) is 29.6 Å². The van der Waals surface area contributed by atoms with Gasteiger partial charge >= 0.3 is 5.97 Å². The number of esters is 1. The van der Waals surface area contributed by atoms with Gasteiger partial charge in [-0.25, -0.2) is 4.79 Å². The number of aromatic amines is 1. The molecule has 1 saturated heterocycles. The summed E-state index contributed by atoms with van der Waals surface area (Å²) in [7, 11) is 0. The predicted octanol–water partition coefficient (Wildman–Crippen LogP) is 5.50. The molecular formula is C32H39N3O4. The first-order valence-electron chi connectivity index (χ1n) is 13.8. The minimum atomic E-state index is -0.447. The van der Waals surface area contributed by atoms with Crippen molar-refractivity contribution in [1.29, 1.82) is 0 Å². The number of fused-ring (bicyclic) bond motifs is 3. The molecule has 1 amide bonds. The lowest BCUT2D eigenvalue weighted by Crippen LogP contribution is -2.44. The molecule has 39 heavy (non-hydrogen) atoms. The van der Waals surface area contributed by atoms with E-state index in [0.29, 0.717) is 23.4 Å². The second-order valence-electron chi connectivity index (χ2n) is 11.9. The highest BCUT2D eigenvalue weighted by Crippen LogP contribution is 2.40. The summed E-state index contributed by atoms with van der Waals surface area (Å²) in [6, 6.07) is 15.9. The van der Waals surface area contributed by atoms with Crippen LogP contribution < -0.4 is 0 Å². The van der Waals surface area contributed by atoms with E-state index in [4.69, 9.17) is 9.47 Å². The fourth-order valence-electron chi connectivity index (χ4n) is 6.02. The minimum absolute atomic E-state index is 0.141. The molecule has 206 valence electrons. The zero-order valence-electron chi connectivity index (χ0n) is 23.8. The Hall–Kier alpha value is -3.42. The largest absolute Gasteiger partial charge is 0.459 e. The number of aromatic nitrogens is 1. The van der Waals surface area contributed by atoms with Crippen molar-refractivity contribution in [1.82, 2.24) is 14.8 Å². The summed E-state index contributed by atoms with van der Waals surface area (Å²) >= 11 is 0. The Morgan fingerprint density at radius 1 is 1.08 bits per heavy atom. The zero-order valence-corrected chi connectivity index (χ0v) is 23.8. The van der Waals surface area contributed by atoms with Crippen LogP contribution in [0.2, 0.25) is 0 Å². The Bertz CT molecular complexity index is 1410. The molecule has 0 saturated carbocycles. The van der Waals surface area contributed by atoms with Gasteiger partial charge in [-0.15, -0.1) is 0 Å². The van der Waals surface area contributed by atoms with Gasteiger partial charge in [-0.3, -0.25) is 9.69 Å². The van der Waals surface area contributed by atoms with Crippen LogP contribution in [0.4, 0.5) is 0 Å². The lowest BCUT2D eigenvalue weighted by molar-refractivity contribution is -0.140. The molecule has 0 spiro atoms. The van der Waals surface area contributed by atoms with Crippen molar-refractivity contribution in [3.8, 4) is 0 Å². The second kappa shape index (κ2) is 10.6. The molecule has 5 rings (SSSR count). The van der Waals surface area contributed by atoms with Crippen LogP contribution in [0.3, 0.4) is 0 Å². The number of para-hydroxylation sites is 1. The highest BCUT2D eigenvalue weighted by molar-refractivity contribution is 6.18. The first-order chi connectivity index (χ1) is 18.5. The lowest BCUT2D eigenvalue weighted by atomic mass is 9.81. The predicted molar refractivity (Wildman–Crippen MR) is 153 cm³/mol. The van der Waals surface area contributed by atoms with E-state index in [2.05, 4.69) is 49.7 Å². The number of ether oxygens (including phenoxy) is 2. The van der Waals surface area contributed by atoms with Crippen LogP contribution in [-0.2, 0) is 26.2 Å². The molecule has 2 aliphatic rings. The second-order valence-corrected chi connectivity index (χ2v) is 11.9. The van der Waals surface area contributed by atoms with Crippen molar-refractivity contribution in [2.45, 2.75) is 71.8 Å². The van der Waals surface area contributed by atoms with E-state index in [0.717, 1.165) is 41.7 Å². The molecule has 2 aliphatic heterocycles. The minimum Gasteiger partial charge on any atom is -0.459 e. The van der Waals surface area contributed by atoms with E-state index < -0.39 is 11.4 Å². The monoisotopic (exact) mass is 529 g/mol. The van der Waals surface area contributed by atoms with Gasteiger partial charge in [0.25, 0.3) is 5.91 Å². The zero-order chi connectivity index (χ0) is 27.9. The fraction of sp³-hybridized carbons (Fsp3) is 0.438. The van der Waals surface area contributed by atoms with Gasteiger partial charge in [0.2, 0.25) is 0 Å². The van der Waals surface area contributed by atoms with E-state index in [9.17, 15) is 9.59 Å². The molecule has 1 fully saturated rings. The third kappa shape index (κ3) is 5.65. The normalized spacial score (nSPS) is 21.4. The maximum atomic E-state index is 14.0. The highest BCUT2D eigenvalue weighted by atomic mass is 16.5. The molecule has 7 nitrogen and oxygen atoms in total. The SMILES string of the molecule is CC(C)OC(=O)C1=CN(C(=O)c2cccc(CN3CC(C)OC(C)C3)c2)CC(C)(C)c2c1[nH]c1ccccc21. The molecular weight excluding hydrogens is 490 g/mol. The first kappa shape index (κ1) is 27.2. The number of rotatable bonds is 5. The van der Waals surface area contributed by atoms with Crippen LogP contribution in [-0.4, -0.2) is 64.6 Å². The van der Waals surface area contributed by atoms with Gasteiger partial charge in [0.1, 0.15) is 0 Å². The summed E-state index contributed by atoms with van der Waals surface area (Å²) in [5.41, 5.74) is 4.30. The van der Waals surface area contributed by atoms with Crippen LogP contribution in [0.25, 0.3) is 16.5 Å². The summed E-state index contributed by atoms with van der Waals surface area (Å²) < 4.78 is 11.5. The number of nitrogens with zero attached hydrogens (tertiary/aromatic N) is 2. The first-order valence-corrected chi connectivity index (χ1v) is 13.8. The highest BCUT2D eigenvalue weighted by Gasteiger charge is 2.37. The molecule has 3 aromatic rings. The van der Waals surface area contributed by atoms with Crippen molar-refractivity contribution < 1.29 is 19.1 Å². The maximum Gasteiger partial charge on any atom is 0.342 e. The van der Waals surface area contributed by atoms with E-state index in [1.54, 1.807) is 11.1 Å². The molecule has 1 aromatic heterocycles. The number of morpholine rings is 1. The molecule has 2 atom stereocenters. The molecule has 0 radical (unpaired) electrons. The van der Waals surface area contributed by atoms with Gasteiger partial charge < -0.3 is 19.4 Å². The maximum absolute atomic E-state index is 14.0. The average Bonchev–Trinajstić information content (AvgIpc) is 3.20. The Morgan fingerprint density at radius 3 is 2.51 bits per heavy atom. The van der Waals surface area contributed by atoms with Crippen LogP contribution in [0, 0.1) is 0 Å². The molecule has 2 aromatic carbocycles. The van der Waals surface area contributed by atoms with Gasteiger partial charge in [-0.2, -0.15) is 0 Å². The van der Waals surface area contributed by atoms with Gasteiger partial charge in [-0.05, 0) is 57.0 Å². The van der Waals surface area contributed by atoms with Gasteiger partial charge in [0.15, 0.2) is 0 Å². The van der Waals surface area contributed by atoms with E-state index in [1.165, 1.54) is 0 Å². The molecule has 2 unspecified atom stereocenters. The fourth-order valence-corrected chi connectivity index (χ4v) is 6.02. The van der Waals surface area contributed by atoms with E-state index in [1.807, 2.05) is 50.2 Å². The number of H-pyrrole nitrogens is 1. The van der Waals surface area contributed by atoms with Gasteiger partial charge in [0, 0.05) is 54.3 Å². The lowest BCUT2D eigenvalue weighted by Gasteiger charge is -2.35. The summed E-state index contributed by atoms with van der Waals surface area (Å²) in [4.78, 5) is 34.9. The van der Waals surface area contributed by atoms with Crippen LogP contribution in [0.15, 0.2) is 54.7 Å². The Morgan fingerprint density at radius 2 is 1.79 bits per heavy atom. The van der Waals surface area contributed by atoms with Gasteiger partial charge in [-0.1, -0.05) is 44.2 Å². The molecule has 1 N–H and O–H groups in total. The summed E-state index contributed by atoms with van der Waals surface area (Å²) in [5, 5.41) is 1.05. The Kier molecular flexibility index (Phi) is 7.40. The third-order valence-electron chi connectivity index (χ3n) is 7.40. The topological polar surface area (TPSA) is 74.9 Å².